The minimum Gasteiger partial charge on any atom is -0.326 e. The van der Waals surface area contributed by atoms with Gasteiger partial charge < -0.3 is 5.32 Å². The largest absolute Gasteiger partial charge is 0.326 e. The van der Waals surface area contributed by atoms with E-state index in [0.717, 1.165) is 0 Å². The minimum absolute atomic E-state index is 0.122. The second-order valence-electron chi connectivity index (χ2n) is 2.09. The normalized spacial score (nSPS) is 9.27. The SMILES string of the molecule is CC(=O)Nc1[c]c(Cl)ccc1. The summed E-state index contributed by atoms with van der Waals surface area (Å²) in [5, 5.41) is 3.06. The summed E-state index contributed by atoms with van der Waals surface area (Å²) in [5.74, 6) is -0.122. The zero-order valence-corrected chi connectivity index (χ0v) is 6.77. The van der Waals surface area contributed by atoms with E-state index in [4.69, 9.17) is 11.6 Å². The monoisotopic (exact) mass is 168 g/mol. The number of halogens is 1. The third kappa shape index (κ3) is 2.60. The van der Waals surface area contributed by atoms with Gasteiger partial charge in [0.2, 0.25) is 5.91 Å². The summed E-state index contributed by atoms with van der Waals surface area (Å²) < 4.78 is 0. The average molecular weight is 169 g/mol. The molecule has 57 valence electrons. The first kappa shape index (κ1) is 8.08. The molecule has 0 aromatic heterocycles. The van der Waals surface area contributed by atoms with Crippen LogP contribution in [0.1, 0.15) is 6.92 Å². The molecule has 0 aliphatic rings. The highest BCUT2D eigenvalue weighted by molar-refractivity contribution is 6.30. The van der Waals surface area contributed by atoms with Gasteiger partial charge >= 0.3 is 0 Å². The Kier molecular flexibility index (Phi) is 2.49. The quantitative estimate of drug-likeness (QED) is 0.684. The molecule has 2 nitrogen and oxygen atoms in total. The maximum Gasteiger partial charge on any atom is 0.221 e. The Bertz CT molecular complexity index is 273. The first-order valence-electron chi connectivity index (χ1n) is 3.14. The average Bonchev–Trinajstić information content (AvgIpc) is 1.85. The van der Waals surface area contributed by atoms with E-state index in [1.54, 1.807) is 18.2 Å². The molecule has 3 heteroatoms. The highest BCUT2D eigenvalue weighted by Gasteiger charge is 1.94. The van der Waals surface area contributed by atoms with Crippen LogP contribution in [-0.2, 0) is 4.79 Å². The third-order valence-corrected chi connectivity index (χ3v) is 1.29. The fraction of sp³-hybridized carbons (Fsp3) is 0.125. The molecule has 1 amide bonds. The lowest BCUT2D eigenvalue weighted by atomic mass is 10.3. The summed E-state index contributed by atoms with van der Waals surface area (Å²) in [6.07, 6.45) is 0. The van der Waals surface area contributed by atoms with Crippen LogP contribution >= 0.6 is 11.6 Å². The van der Waals surface area contributed by atoms with Crippen molar-refractivity contribution in [3.05, 3.63) is 29.3 Å². The van der Waals surface area contributed by atoms with Gasteiger partial charge in [-0.1, -0.05) is 17.7 Å². The van der Waals surface area contributed by atoms with Crippen LogP contribution in [-0.4, -0.2) is 5.91 Å². The lowest BCUT2D eigenvalue weighted by molar-refractivity contribution is -0.114. The van der Waals surface area contributed by atoms with Crippen LogP contribution in [0.3, 0.4) is 0 Å². The van der Waals surface area contributed by atoms with Gasteiger partial charge in [-0.2, -0.15) is 0 Å². The second kappa shape index (κ2) is 3.39. The number of anilines is 1. The number of hydrogen-bond donors (Lipinski definition) is 1. The van der Waals surface area contributed by atoms with Gasteiger partial charge in [0, 0.05) is 13.0 Å². The van der Waals surface area contributed by atoms with Gasteiger partial charge in [-0.15, -0.1) is 0 Å². The molecule has 0 spiro atoms. The van der Waals surface area contributed by atoms with E-state index in [-0.39, 0.29) is 5.91 Å². The van der Waals surface area contributed by atoms with Gasteiger partial charge in [0.25, 0.3) is 0 Å². The van der Waals surface area contributed by atoms with Crippen LogP contribution in [0, 0.1) is 6.07 Å². The van der Waals surface area contributed by atoms with Gasteiger partial charge in [0.1, 0.15) is 0 Å². The van der Waals surface area contributed by atoms with Gasteiger partial charge in [0.15, 0.2) is 0 Å². The highest BCUT2D eigenvalue weighted by atomic mass is 35.5. The Morgan fingerprint density at radius 1 is 1.64 bits per heavy atom. The molecule has 1 rings (SSSR count). The summed E-state index contributed by atoms with van der Waals surface area (Å²) in [5.41, 5.74) is 0.602. The molecule has 11 heavy (non-hydrogen) atoms. The van der Waals surface area contributed by atoms with Crippen molar-refractivity contribution in [3.63, 3.8) is 0 Å². The van der Waals surface area contributed by atoms with Crippen molar-refractivity contribution in [2.24, 2.45) is 0 Å². The highest BCUT2D eigenvalue weighted by Crippen LogP contribution is 2.13. The fourth-order valence-electron chi connectivity index (χ4n) is 0.703. The van der Waals surface area contributed by atoms with Crippen LogP contribution in [0.4, 0.5) is 5.69 Å². The topological polar surface area (TPSA) is 29.1 Å². The second-order valence-corrected chi connectivity index (χ2v) is 2.50. The maximum atomic E-state index is 10.6. The number of benzene rings is 1. The molecule has 0 atom stereocenters. The van der Waals surface area contributed by atoms with Crippen LogP contribution in [0.2, 0.25) is 5.02 Å². The third-order valence-electron chi connectivity index (χ3n) is 1.07. The summed E-state index contributed by atoms with van der Waals surface area (Å²) >= 11 is 5.62. The number of hydrogen-bond acceptors (Lipinski definition) is 1. The predicted molar refractivity (Wildman–Crippen MR) is 44.6 cm³/mol. The number of carbonyl (C=O) groups excluding carboxylic acids is 1. The van der Waals surface area contributed by atoms with E-state index in [0.29, 0.717) is 10.7 Å². The van der Waals surface area contributed by atoms with E-state index >= 15 is 0 Å². The standard InChI is InChI=1S/C8H7ClNO/c1-6(11)10-8-4-2-3-7(9)5-8/h2-4H,1H3,(H,10,11). The van der Waals surface area contributed by atoms with Crippen LogP contribution in [0.5, 0.6) is 0 Å². The Morgan fingerprint density at radius 3 is 2.91 bits per heavy atom. The Morgan fingerprint density at radius 2 is 2.36 bits per heavy atom. The molecule has 1 N–H and O–H groups in total. The smallest absolute Gasteiger partial charge is 0.221 e. The van der Waals surface area contributed by atoms with E-state index < -0.39 is 0 Å². The molecular formula is C8H7ClNO. The van der Waals surface area contributed by atoms with Crippen molar-refractivity contribution in [1.82, 2.24) is 0 Å². The van der Waals surface area contributed by atoms with Crippen molar-refractivity contribution in [2.75, 3.05) is 5.32 Å². The van der Waals surface area contributed by atoms with Crippen LogP contribution in [0.25, 0.3) is 0 Å². The minimum atomic E-state index is -0.122. The molecule has 0 saturated heterocycles. The molecule has 0 saturated carbocycles. The number of carbonyl (C=O) groups is 1. The molecule has 0 aliphatic carbocycles. The summed E-state index contributed by atoms with van der Waals surface area (Å²) in [6, 6.07) is 7.96. The van der Waals surface area contributed by atoms with Crippen molar-refractivity contribution in [2.45, 2.75) is 6.92 Å². The number of rotatable bonds is 1. The molecule has 1 radical (unpaired) electrons. The maximum absolute atomic E-state index is 10.6. The van der Waals surface area contributed by atoms with Crippen molar-refractivity contribution in [1.29, 1.82) is 0 Å². The fourth-order valence-corrected chi connectivity index (χ4v) is 0.878. The van der Waals surface area contributed by atoms with E-state index in [1.165, 1.54) is 6.92 Å². The zero-order valence-electron chi connectivity index (χ0n) is 6.02. The first-order valence-corrected chi connectivity index (χ1v) is 3.52. The van der Waals surface area contributed by atoms with Gasteiger partial charge in [-0.05, 0) is 12.1 Å². The molecule has 0 aliphatic heterocycles. The van der Waals surface area contributed by atoms with Crippen LogP contribution < -0.4 is 5.32 Å². The van der Waals surface area contributed by atoms with Gasteiger partial charge in [-0.25, -0.2) is 0 Å². The molecule has 1 aromatic carbocycles. The Balaban J connectivity index is 2.79. The lowest BCUT2D eigenvalue weighted by Gasteiger charge is -1.99. The Hall–Kier alpha value is -1.02. The summed E-state index contributed by atoms with van der Waals surface area (Å²) in [7, 11) is 0. The Labute approximate surface area is 70.2 Å². The number of nitrogens with one attached hydrogen (secondary N) is 1. The van der Waals surface area contributed by atoms with E-state index in [1.807, 2.05) is 0 Å². The molecule has 0 unspecified atom stereocenters. The zero-order chi connectivity index (χ0) is 8.27. The van der Waals surface area contributed by atoms with Crippen molar-refractivity contribution in [3.8, 4) is 0 Å². The van der Waals surface area contributed by atoms with E-state index in [9.17, 15) is 4.79 Å². The molecule has 0 bridgehead atoms. The first-order chi connectivity index (χ1) is 5.18. The van der Waals surface area contributed by atoms with Gasteiger partial charge in [0.05, 0.1) is 10.7 Å². The van der Waals surface area contributed by atoms with Crippen molar-refractivity contribution < 1.29 is 4.79 Å². The van der Waals surface area contributed by atoms with Crippen molar-refractivity contribution >= 4 is 23.2 Å². The molecular weight excluding hydrogens is 162 g/mol. The molecule has 0 fully saturated rings. The molecule has 0 heterocycles. The summed E-state index contributed by atoms with van der Waals surface area (Å²) in [4.78, 5) is 10.6. The predicted octanol–water partition coefficient (Wildman–Crippen LogP) is 2.10. The van der Waals surface area contributed by atoms with Gasteiger partial charge in [-0.3, -0.25) is 4.79 Å². The van der Waals surface area contributed by atoms with E-state index in [2.05, 4.69) is 11.4 Å². The lowest BCUT2D eigenvalue weighted by Crippen LogP contribution is -2.05. The summed E-state index contributed by atoms with van der Waals surface area (Å²) in [6.45, 7) is 1.44. The molecule has 1 aromatic rings. The number of amides is 1. The van der Waals surface area contributed by atoms with Crippen LogP contribution in [0.15, 0.2) is 18.2 Å².